The number of carboxylic acid groups (broad SMARTS) is 1. The van der Waals surface area contributed by atoms with E-state index in [1.165, 1.54) is 0 Å². The van der Waals surface area contributed by atoms with Gasteiger partial charge in [-0.15, -0.1) is 11.3 Å². The van der Waals surface area contributed by atoms with E-state index in [0.717, 1.165) is 16.2 Å². The van der Waals surface area contributed by atoms with Crippen LogP contribution in [0.4, 0.5) is 19.3 Å². The summed E-state index contributed by atoms with van der Waals surface area (Å²) in [5, 5.41) is 21.3. The van der Waals surface area contributed by atoms with Crippen molar-refractivity contribution in [2.45, 2.75) is 38.5 Å². The van der Waals surface area contributed by atoms with Gasteiger partial charge in [-0.3, -0.25) is 0 Å². The lowest BCUT2D eigenvalue weighted by molar-refractivity contribution is -0.172. The zero-order valence-corrected chi connectivity index (χ0v) is 17.1. The summed E-state index contributed by atoms with van der Waals surface area (Å²) in [6, 6.07) is -0.970. The van der Waals surface area contributed by atoms with Crippen LogP contribution in [0.25, 0.3) is 0 Å². The minimum atomic E-state index is -3.57. The number of carboxylic acids is 1. The molecule has 152 valence electrons. The average molecular weight is 473 g/mol. The van der Waals surface area contributed by atoms with Gasteiger partial charge in [-0.2, -0.15) is 8.78 Å². The number of halogens is 3. The number of hydrogen-bond donors (Lipinski definition) is 3. The fourth-order valence-electron chi connectivity index (χ4n) is 2.43. The largest absolute Gasteiger partial charge is 0.477 e. The zero-order valence-electron chi connectivity index (χ0n) is 14.7. The monoisotopic (exact) mass is 472 g/mol. The molecule has 1 aromatic rings. The molecule has 0 saturated heterocycles. The van der Waals surface area contributed by atoms with Gasteiger partial charge in [0.05, 0.1) is 12.6 Å². The number of thiophene rings is 1. The third-order valence-electron chi connectivity index (χ3n) is 3.32. The molecule has 0 spiro atoms. The van der Waals surface area contributed by atoms with Crippen molar-refractivity contribution in [3.8, 4) is 5.75 Å². The summed E-state index contributed by atoms with van der Waals surface area (Å²) in [6.45, 7) is 3.18. The lowest BCUT2D eigenvalue weighted by Crippen LogP contribution is -2.52. The molecule has 1 aromatic heterocycles. The maximum Gasteiger partial charge on any atom is 0.416 e. The molecule has 1 aliphatic heterocycles. The summed E-state index contributed by atoms with van der Waals surface area (Å²) < 4.78 is 37.7. The number of carbonyl (C=O) groups is 2. The van der Waals surface area contributed by atoms with Crippen LogP contribution in [0, 0.1) is 0 Å². The number of fused-ring (bicyclic) bond motifs is 1. The molecule has 0 bridgehead atoms. The van der Waals surface area contributed by atoms with Gasteiger partial charge in [0, 0.05) is 6.54 Å². The summed E-state index contributed by atoms with van der Waals surface area (Å²) in [6.07, 6.45) is -4.40. The molecule has 0 aromatic carbocycles. The van der Waals surface area contributed by atoms with E-state index in [0.29, 0.717) is 0 Å². The summed E-state index contributed by atoms with van der Waals surface area (Å²) >= 11 is 3.78. The number of carbonyl (C=O) groups excluding carboxylic acids is 1. The first-order valence-corrected chi connectivity index (χ1v) is 9.41. The van der Waals surface area contributed by atoms with Crippen molar-refractivity contribution in [1.82, 2.24) is 5.32 Å². The smallest absolute Gasteiger partial charge is 0.416 e. The second kappa shape index (κ2) is 7.76. The molecule has 1 atom stereocenters. The maximum atomic E-state index is 14.0. The Hall–Kier alpha value is -1.66. The van der Waals surface area contributed by atoms with Gasteiger partial charge in [0.1, 0.15) is 26.5 Å². The maximum absolute atomic E-state index is 14.0. The number of aliphatic hydroxyl groups is 1. The Morgan fingerprint density at radius 1 is 1.48 bits per heavy atom. The van der Waals surface area contributed by atoms with Crippen LogP contribution in [0.5, 0.6) is 5.75 Å². The number of anilines is 1. The second-order valence-corrected chi connectivity index (χ2v) is 9.17. The fourth-order valence-corrected chi connectivity index (χ4v) is 4.00. The number of nitrogens with zero attached hydrogens (tertiary/aromatic N) is 1. The van der Waals surface area contributed by atoms with Gasteiger partial charge >= 0.3 is 18.2 Å². The van der Waals surface area contributed by atoms with Crippen LogP contribution in [0.15, 0.2) is 3.79 Å². The minimum absolute atomic E-state index is 0.0326. The van der Waals surface area contributed by atoms with Crippen LogP contribution in [0.1, 0.15) is 30.4 Å². The molecule has 2 heterocycles. The van der Waals surface area contributed by atoms with Crippen molar-refractivity contribution in [2.24, 2.45) is 0 Å². The van der Waals surface area contributed by atoms with Crippen molar-refractivity contribution in [2.75, 3.05) is 24.6 Å². The summed E-state index contributed by atoms with van der Waals surface area (Å²) in [7, 11) is 0. The number of nitrogens with one attached hydrogen (secondary N) is 1. The molecule has 3 N–H and O–H groups in total. The molecule has 0 saturated carbocycles. The Balaban J connectivity index is 2.27. The minimum Gasteiger partial charge on any atom is -0.477 e. The third kappa shape index (κ3) is 5.42. The third-order valence-corrected chi connectivity index (χ3v) is 5.10. The molecule has 27 heavy (non-hydrogen) atoms. The van der Waals surface area contributed by atoms with Crippen LogP contribution in [0.2, 0.25) is 0 Å². The van der Waals surface area contributed by atoms with Crippen LogP contribution >= 0.6 is 27.3 Å². The standard InChI is InChI=1S/C15H19BrF2N2O6S/c1-14(2,3)26-13(24)19-7(5-21)4-20-6-15(17,18)25-9-8(20)10(12(22)23)27-11(9)16/h7,21H,4-6H2,1-3H3,(H,19,24)(H,22,23)/t7-/m0/s1. The Kier molecular flexibility index (Phi) is 6.22. The van der Waals surface area contributed by atoms with Gasteiger partial charge < -0.3 is 29.9 Å². The number of amides is 1. The van der Waals surface area contributed by atoms with Crippen molar-refractivity contribution in [3.63, 3.8) is 0 Å². The Morgan fingerprint density at radius 2 is 2.11 bits per heavy atom. The van der Waals surface area contributed by atoms with Crippen LogP contribution in [0.3, 0.4) is 0 Å². The number of aliphatic hydroxyl groups excluding tert-OH is 1. The highest BCUT2D eigenvalue weighted by Crippen LogP contribution is 2.50. The van der Waals surface area contributed by atoms with Gasteiger partial charge in [0.2, 0.25) is 0 Å². The predicted molar refractivity (Wildman–Crippen MR) is 97.0 cm³/mol. The van der Waals surface area contributed by atoms with Gasteiger partial charge in [-0.05, 0) is 36.7 Å². The first-order chi connectivity index (χ1) is 12.3. The quantitative estimate of drug-likeness (QED) is 0.604. The Bertz CT molecular complexity index is 737. The topological polar surface area (TPSA) is 108 Å². The lowest BCUT2D eigenvalue weighted by Gasteiger charge is -2.36. The summed E-state index contributed by atoms with van der Waals surface area (Å²) in [4.78, 5) is 24.2. The van der Waals surface area contributed by atoms with Crippen molar-refractivity contribution >= 4 is 45.0 Å². The first kappa shape index (κ1) is 21.6. The number of rotatable bonds is 5. The van der Waals surface area contributed by atoms with Gasteiger partial charge in [0.15, 0.2) is 5.75 Å². The Labute approximate surface area is 166 Å². The highest BCUT2D eigenvalue weighted by atomic mass is 79.9. The van der Waals surface area contributed by atoms with Gasteiger partial charge in [-0.25, -0.2) is 9.59 Å². The lowest BCUT2D eigenvalue weighted by atomic mass is 10.2. The van der Waals surface area contributed by atoms with Crippen molar-refractivity contribution < 1.29 is 38.1 Å². The summed E-state index contributed by atoms with van der Waals surface area (Å²) in [5.74, 6) is -1.59. The molecule has 0 fully saturated rings. The molecule has 8 nitrogen and oxygen atoms in total. The average Bonchev–Trinajstić information content (AvgIpc) is 2.80. The highest BCUT2D eigenvalue weighted by molar-refractivity contribution is 9.11. The molecular weight excluding hydrogens is 454 g/mol. The molecule has 0 aliphatic carbocycles. The van der Waals surface area contributed by atoms with Crippen LogP contribution < -0.4 is 15.0 Å². The zero-order chi connectivity index (χ0) is 20.6. The number of ether oxygens (including phenoxy) is 2. The van der Waals surface area contributed by atoms with E-state index in [2.05, 4.69) is 26.0 Å². The van der Waals surface area contributed by atoms with Crippen molar-refractivity contribution in [3.05, 3.63) is 8.66 Å². The van der Waals surface area contributed by atoms with E-state index in [-0.39, 0.29) is 26.6 Å². The van der Waals surface area contributed by atoms with Crippen molar-refractivity contribution in [1.29, 1.82) is 0 Å². The van der Waals surface area contributed by atoms with E-state index in [1.807, 2.05) is 0 Å². The molecular formula is C15H19BrF2N2O6S. The van der Waals surface area contributed by atoms with E-state index in [4.69, 9.17) is 4.74 Å². The normalized spacial score (nSPS) is 16.9. The molecule has 0 unspecified atom stereocenters. The molecule has 12 heteroatoms. The SMILES string of the molecule is CC(C)(C)OC(=O)N[C@H](CO)CN1CC(F)(F)Oc2c(Br)sc(C(=O)O)c21. The fraction of sp³-hybridized carbons (Fsp3) is 0.600. The van der Waals surface area contributed by atoms with Gasteiger partial charge in [0.25, 0.3) is 0 Å². The Morgan fingerprint density at radius 3 is 2.63 bits per heavy atom. The van der Waals surface area contributed by atoms with E-state index in [9.17, 15) is 28.6 Å². The second-order valence-electron chi connectivity index (χ2n) is 6.83. The van der Waals surface area contributed by atoms with Crippen LogP contribution in [-0.2, 0) is 4.74 Å². The van der Waals surface area contributed by atoms with E-state index in [1.54, 1.807) is 20.8 Å². The number of alkyl carbamates (subject to hydrolysis) is 1. The van der Waals surface area contributed by atoms with E-state index >= 15 is 0 Å². The molecule has 2 rings (SSSR count). The van der Waals surface area contributed by atoms with Crippen LogP contribution in [-0.4, -0.2) is 59.7 Å². The number of aromatic carboxylic acids is 1. The number of hydrogen-bond acceptors (Lipinski definition) is 7. The predicted octanol–water partition coefficient (Wildman–Crippen LogP) is 2.89. The summed E-state index contributed by atoms with van der Waals surface area (Å²) in [5.41, 5.74) is -0.812. The molecule has 1 amide bonds. The highest BCUT2D eigenvalue weighted by Gasteiger charge is 2.45. The van der Waals surface area contributed by atoms with Gasteiger partial charge in [-0.1, -0.05) is 0 Å². The first-order valence-electron chi connectivity index (χ1n) is 7.80. The molecule has 1 aliphatic rings. The number of alkyl halides is 2. The molecule has 0 radical (unpaired) electrons. The van der Waals surface area contributed by atoms with E-state index < -0.39 is 43.0 Å².